The van der Waals surface area contributed by atoms with Crippen LogP contribution in [0.5, 0.6) is 0 Å². The van der Waals surface area contributed by atoms with Crippen LogP contribution in [0.3, 0.4) is 0 Å². The van der Waals surface area contributed by atoms with Crippen molar-refractivity contribution in [3.8, 4) is 0 Å². The van der Waals surface area contributed by atoms with Gasteiger partial charge < -0.3 is 5.32 Å². The van der Waals surface area contributed by atoms with Crippen LogP contribution in [0.1, 0.15) is 32.2 Å². The molecule has 1 aromatic heterocycles. The number of benzene rings is 1. The van der Waals surface area contributed by atoms with Crippen molar-refractivity contribution in [1.82, 2.24) is 10.3 Å². The molecule has 0 fully saturated rings. The third-order valence-electron chi connectivity index (χ3n) is 3.10. The van der Waals surface area contributed by atoms with Gasteiger partial charge in [0.2, 0.25) is 0 Å². The summed E-state index contributed by atoms with van der Waals surface area (Å²) in [5.41, 5.74) is 1.12. The van der Waals surface area contributed by atoms with E-state index in [1.165, 1.54) is 16.1 Å². The summed E-state index contributed by atoms with van der Waals surface area (Å²) >= 11 is 1.79. The van der Waals surface area contributed by atoms with Crippen LogP contribution in [0.4, 0.5) is 0 Å². The SMILES string of the molecule is CCC(NCc1nc2ccccc2s1)C(C)C. The van der Waals surface area contributed by atoms with E-state index in [2.05, 4.69) is 49.3 Å². The molecule has 0 amide bonds. The summed E-state index contributed by atoms with van der Waals surface area (Å²) in [6.07, 6.45) is 1.17. The molecular weight excluding hydrogens is 228 g/mol. The fraction of sp³-hybridized carbons (Fsp3) is 0.500. The zero-order valence-corrected chi connectivity index (χ0v) is 11.6. The number of aromatic nitrogens is 1. The minimum absolute atomic E-state index is 0.585. The molecule has 2 rings (SSSR count). The van der Waals surface area contributed by atoms with Gasteiger partial charge >= 0.3 is 0 Å². The van der Waals surface area contributed by atoms with Gasteiger partial charge in [0.25, 0.3) is 0 Å². The quantitative estimate of drug-likeness (QED) is 0.870. The van der Waals surface area contributed by atoms with E-state index in [1.54, 1.807) is 11.3 Å². The molecule has 1 atom stereocenters. The Balaban J connectivity index is 2.03. The normalized spacial score (nSPS) is 13.4. The van der Waals surface area contributed by atoms with Gasteiger partial charge in [0, 0.05) is 12.6 Å². The molecule has 0 saturated heterocycles. The van der Waals surface area contributed by atoms with Gasteiger partial charge in [-0.15, -0.1) is 11.3 Å². The van der Waals surface area contributed by atoms with Gasteiger partial charge in [-0.3, -0.25) is 0 Å². The first-order valence-electron chi connectivity index (χ1n) is 6.28. The van der Waals surface area contributed by atoms with E-state index < -0.39 is 0 Å². The molecule has 17 heavy (non-hydrogen) atoms. The van der Waals surface area contributed by atoms with Gasteiger partial charge in [-0.05, 0) is 24.5 Å². The summed E-state index contributed by atoms with van der Waals surface area (Å²) in [6.45, 7) is 7.64. The topological polar surface area (TPSA) is 24.9 Å². The van der Waals surface area contributed by atoms with Gasteiger partial charge in [0.05, 0.1) is 10.2 Å². The highest BCUT2D eigenvalue weighted by Gasteiger charge is 2.11. The second kappa shape index (κ2) is 5.61. The summed E-state index contributed by atoms with van der Waals surface area (Å²) in [6, 6.07) is 8.91. The highest BCUT2D eigenvalue weighted by molar-refractivity contribution is 7.18. The third-order valence-corrected chi connectivity index (χ3v) is 4.13. The molecule has 92 valence electrons. The van der Waals surface area contributed by atoms with Crippen LogP contribution in [-0.2, 0) is 6.54 Å². The second-order valence-corrected chi connectivity index (χ2v) is 5.83. The molecule has 2 aromatic rings. The lowest BCUT2D eigenvalue weighted by molar-refractivity contribution is 0.387. The molecule has 0 aliphatic heterocycles. The largest absolute Gasteiger partial charge is 0.307 e. The number of hydrogen-bond acceptors (Lipinski definition) is 3. The zero-order valence-electron chi connectivity index (χ0n) is 10.7. The molecule has 3 heteroatoms. The standard InChI is InChI=1S/C14H20N2S/c1-4-11(10(2)3)15-9-14-16-12-7-5-6-8-13(12)17-14/h5-8,10-11,15H,4,9H2,1-3H3. The Labute approximate surface area is 107 Å². The number of fused-ring (bicyclic) bond motifs is 1. The minimum atomic E-state index is 0.585. The van der Waals surface area contributed by atoms with Gasteiger partial charge in [-0.2, -0.15) is 0 Å². The van der Waals surface area contributed by atoms with Crippen LogP contribution in [0.15, 0.2) is 24.3 Å². The average molecular weight is 248 g/mol. The molecule has 0 saturated carbocycles. The maximum Gasteiger partial charge on any atom is 0.108 e. The van der Waals surface area contributed by atoms with Crippen molar-refractivity contribution in [2.24, 2.45) is 5.92 Å². The zero-order chi connectivity index (χ0) is 12.3. The molecule has 0 radical (unpaired) electrons. The average Bonchev–Trinajstić information content (AvgIpc) is 2.71. The number of nitrogens with zero attached hydrogens (tertiary/aromatic N) is 1. The van der Waals surface area contributed by atoms with Gasteiger partial charge in [-0.25, -0.2) is 4.98 Å². The first kappa shape index (κ1) is 12.5. The van der Waals surface area contributed by atoms with E-state index in [1.807, 2.05) is 6.07 Å². The Kier molecular flexibility index (Phi) is 4.13. The van der Waals surface area contributed by atoms with Crippen molar-refractivity contribution in [3.63, 3.8) is 0 Å². The molecule has 0 aliphatic rings. The van der Waals surface area contributed by atoms with Crippen LogP contribution in [0.25, 0.3) is 10.2 Å². The van der Waals surface area contributed by atoms with E-state index in [0.717, 1.165) is 12.1 Å². The summed E-state index contributed by atoms with van der Waals surface area (Å²) in [5.74, 6) is 0.675. The van der Waals surface area contributed by atoms with Gasteiger partial charge in [0.15, 0.2) is 0 Å². The third kappa shape index (κ3) is 3.05. The lowest BCUT2D eigenvalue weighted by Gasteiger charge is -2.19. The maximum atomic E-state index is 4.63. The maximum absolute atomic E-state index is 4.63. The summed E-state index contributed by atoms with van der Waals surface area (Å²) in [5, 5.41) is 4.78. The van der Waals surface area contributed by atoms with Crippen molar-refractivity contribution >= 4 is 21.6 Å². The van der Waals surface area contributed by atoms with Crippen LogP contribution in [0, 0.1) is 5.92 Å². The molecule has 1 N–H and O–H groups in total. The molecule has 1 aromatic carbocycles. The molecular formula is C14H20N2S. The number of hydrogen-bond donors (Lipinski definition) is 1. The number of nitrogens with one attached hydrogen (secondary N) is 1. The molecule has 0 spiro atoms. The predicted octanol–water partition coefficient (Wildman–Crippen LogP) is 3.82. The Morgan fingerprint density at radius 3 is 2.71 bits per heavy atom. The number of rotatable bonds is 5. The second-order valence-electron chi connectivity index (χ2n) is 4.71. The highest BCUT2D eigenvalue weighted by atomic mass is 32.1. The first-order valence-corrected chi connectivity index (χ1v) is 7.10. The fourth-order valence-electron chi connectivity index (χ4n) is 2.07. The lowest BCUT2D eigenvalue weighted by Crippen LogP contribution is -2.32. The molecule has 2 nitrogen and oxygen atoms in total. The summed E-state index contributed by atoms with van der Waals surface area (Å²) < 4.78 is 1.28. The highest BCUT2D eigenvalue weighted by Crippen LogP contribution is 2.21. The van der Waals surface area contributed by atoms with Crippen molar-refractivity contribution in [2.75, 3.05) is 0 Å². The Morgan fingerprint density at radius 2 is 2.06 bits per heavy atom. The van der Waals surface area contributed by atoms with E-state index in [0.29, 0.717) is 12.0 Å². The lowest BCUT2D eigenvalue weighted by atomic mass is 10.0. The van der Waals surface area contributed by atoms with Crippen molar-refractivity contribution in [2.45, 2.75) is 39.8 Å². The summed E-state index contributed by atoms with van der Waals surface area (Å²) in [4.78, 5) is 4.63. The number of para-hydroxylation sites is 1. The van der Waals surface area contributed by atoms with Crippen LogP contribution < -0.4 is 5.32 Å². The Morgan fingerprint density at radius 1 is 1.29 bits per heavy atom. The summed E-state index contributed by atoms with van der Waals surface area (Å²) in [7, 11) is 0. The van der Waals surface area contributed by atoms with Crippen LogP contribution in [0.2, 0.25) is 0 Å². The van der Waals surface area contributed by atoms with E-state index in [-0.39, 0.29) is 0 Å². The minimum Gasteiger partial charge on any atom is -0.307 e. The Bertz CT molecular complexity index is 443. The van der Waals surface area contributed by atoms with E-state index in [4.69, 9.17) is 0 Å². The molecule has 0 bridgehead atoms. The molecule has 1 unspecified atom stereocenters. The van der Waals surface area contributed by atoms with Crippen LogP contribution >= 0.6 is 11.3 Å². The van der Waals surface area contributed by atoms with Crippen molar-refractivity contribution in [1.29, 1.82) is 0 Å². The first-order chi connectivity index (χ1) is 8.20. The molecule has 0 aliphatic carbocycles. The molecule has 1 heterocycles. The van der Waals surface area contributed by atoms with Crippen molar-refractivity contribution in [3.05, 3.63) is 29.3 Å². The Hall–Kier alpha value is -0.930. The fourth-order valence-corrected chi connectivity index (χ4v) is 2.98. The van der Waals surface area contributed by atoms with Gasteiger partial charge in [0.1, 0.15) is 5.01 Å². The van der Waals surface area contributed by atoms with Crippen molar-refractivity contribution < 1.29 is 0 Å². The van der Waals surface area contributed by atoms with Crippen LogP contribution in [-0.4, -0.2) is 11.0 Å². The number of thiazole rings is 1. The van der Waals surface area contributed by atoms with Gasteiger partial charge in [-0.1, -0.05) is 32.9 Å². The van der Waals surface area contributed by atoms with E-state index >= 15 is 0 Å². The monoisotopic (exact) mass is 248 g/mol. The predicted molar refractivity (Wildman–Crippen MR) is 75.4 cm³/mol. The smallest absolute Gasteiger partial charge is 0.108 e. The van der Waals surface area contributed by atoms with E-state index in [9.17, 15) is 0 Å².